The third kappa shape index (κ3) is 2.57. The predicted molar refractivity (Wildman–Crippen MR) is 52.3 cm³/mol. The molecule has 66 valence electrons. The van der Waals surface area contributed by atoms with Crippen molar-refractivity contribution in [2.75, 3.05) is 0 Å². The van der Waals surface area contributed by atoms with Crippen molar-refractivity contribution in [3.63, 3.8) is 0 Å². The molecule has 0 aliphatic carbocycles. The lowest BCUT2D eigenvalue weighted by Gasteiger charge is -1.88. The summed E-state index contributed by atoms with van der Waals surface area (Å²) in [5.74, 6) is -0.163. The van der Waals surface area contributed by atoms with E-state index in [-0.39, 0.29) is 11.7 Å². The van der Waals surface area contributed by atoms with Gasteiger partial charge in [-0.1, -0.05) is 6.07 Å². The molecule has 5 nitrogen and oxygen atoms in total. The molecule has 1 aromatic heterocycles. The maximum atomic E-state index is 8.69. The minimum atomic E-state index is -0.163. The maximum Gasteiger partial charge on any atom is 0.211 e. The average Bonchev–Trinajstić information content (AvgIpc) is 2.58. The molecule has 0 saturated carbocycles. The molecule has 0 radical (unpaired) electrons. The number of hydrogen-bond acceptors (Lipinski definition) is 4. The zero-order valence-electron chi connectivity index (χ0n) is 6.64. The van der Waals surface area contributed by atoms with Gasteiger partial charge in [0.15, 0.2) is 5.71 Å². The highest BCUT2D eigenvalue weighted by Crippen LogP contribution is 2.09. The molecule has 0 saturated heterocycles. The Morgan fingerprint density at radius 3 is 2.69 bits per heavy atom. The van der Waals surface area contributed by atoms with Gasteiger partial charge in [-0.25, -0.2) is 0 Å². The van der Waals surface area contributed by atoms with Crippen molar-refractivity contribution in [3.05, 3.63) is 22.4 Å². The Labute approximate surface area is 79.0 Å². The average molecular weight is 193 g/mol. The SMILES string of the molecule is N#C/C(=N/N=C(N)N)c1cccs1. The van der Waals surface area contributed by atoms with E-state index in [0.717, 1.165) is 4.88 Å². The van der Waals surface area contributed by atoms with E-state index in [9.17, 15) is 0 Å². The third-order valence-corrected chi connectivity index (χ3v) is 2.00. The van der Waals surface area contributed by atoms with Gasteiger partial charge < -0.3 is 11.5 Å². The first-order chi connectivity index (χ1) is 6.24. The smallest absolute Gasteiger partial charge is 0.211 e. The Morgan fingerprint density at radius 2 is 2.23 bits per heavy atom. The van der Waals surface area contributed by atoms with Crippen LogP contribution in [-0.2, 0) is 0 Å². The molecule has 0 spiro atoms. The van der Waals surface area contributed by atoms with E-state index in [1.54, 1.807) is 6.07 Å². The maximum absolute atomic E-state index is 8.69. The fourth-order valence-electron chi connectivity index (χ4n) is 0.648. The second-order valence-corrected chi connectivity index (χ2v) is 3.01. The lowest BCUT2D eigenvalue weighted by molar-refractivity contribution is 1.21. The van der Waals surface area contributed by atoms with Crippen LogP contribution in [0.15, 0.2) is 27.7 Å². The third-order valence-electron chi connectivity index (χ3n) is 1.13. The molecule has 0 aromatic carbocycles. The molecule has 4 N–H and O–H groups in total. The van der Waals surface area contributed by atoms with E-state index in [0.29, 0.717) is 0 Å². The fraction of sp³-hybridized carbons (Fsp3) is 0. The largest absolute Gasteiger partial charge is 0.369 e. The summed E-state index contributed by atoms with van der Waals surface area (Å²) < 4.78 is 0. The number of guanidine groups is 1. The zero-order chi connectivity index (χ0) is 9.68. The van der Waals surface area contributed by atoms with Gasteiger partial charge in [0.2, 0.25) is 5.96 Å². The van der Waals surface area contributed by atoms with Crippen LogP contribution >= 0.6 is 11.3 Å². The van der Waals surface area contributed by atoms with Gasteiger partial charge >= 0.3 is 0 Å². The predicted octanol–water partition coefficient (Wildman–Crippen LogP) is 0.249. The molecular weight excluding hydrogens is 186 g/mol. The van der Waals surface area contributed by atoms with Gasteiger partial charge in [-0.2, -0.15) is 5.26 Å². The topological polar surface area (TPSA) is 101 Å². The summed E-state index contributed by atoms with van der Waals surface area (Å²) >= 11 is 1.40. The van der Waals surface area contributed by atoms with E-state index in [2.05, 4.69) is 10.2 Å². The molecular formula is C7H7N5S. The first-order valence-corrected chi connectivity index (χ1v) is 4.22. The lowest BCUT2D eigenvalue weighted by Crippen LogP contribution is -2.22. The van der Waals surface area contributed by atoms with Crippen LogP contribution in [-0.4, -0.2) is 11.7 Å². The number of nitrogens with zero attached hydrogens (tertiary/aromatic N) is 3. The summed E-state index contributed by atoms with van der Waals surface area (Å²) in [5, 5.41) is 17.5. The van der Waals surface area contributed by atoms with Gasteiger partial charge in [0.05, 0.1) is 4.88 Å². The molecule has 0 aliphatic rings. The molecule has 1 heterocycles. The summed E-state index contributed by atoms with van der Waals surface area (Å²) in [6.07, 6.45) is 0. The molecule has 0 aliphatic heterocycles. The fourth-order valence-corrected chi connectivity index (χ4v) is 1.31. The standard InChI is InChI=1S/C7H7N5S/c8-4-5(11-12-7(9)10)6-2-1-3-13-6/h1-3H,(H4,9,10,12)/b11-5-. The van der Waals surface area contributed by atoms with Crippen LogP contribution in [0.5, 0.6) is 0 Å². The van der Waals surface area contributed by atoms with Crippen LogP contribution in [0.1, 0.15) is 4.88 Å². The molecule has 0 bridgehead atoms. The Hall–Kier alpha value is -1.87. The normalized spacial score (nSPS) is 10.5. The second-order valence-electron chi connectivity index (χ2n) is 2.06. The van der Waals surface area contributed by atoms with E-state index < -0.39 is 0 Å². The molecule has 0 unspecified atom stereocenters. The van der Waals surface area contributed by atoms with Crippen LogP contribution in [0.2, 0.25) is 0 Å². The highest BCUT2D eigenvalue weighted by atomic mass is 32.1. The van der Waals surface area contributed by atoms with Crippen LogP contribution < -0.4 is 11.5 Å². The molecule has 13 heavy (non-hydrogen) atoms. The Morgan fingerprint density at radius 1 is 1.46 bits per heavy atom. The van der Waals surface area contributed by atoms with E-state index in [4.69, 9.17) is 16.7 Å². The first-order valence-electron chi connectivity index (χ1n) is 3.34. The van der Waals surface area contributed by atoms with Gasteiger partial charge in [-0.3, -0.25) is 0 Å². The Balaban J connectivity index is 2.95. The van der Waals surface area contributed by atoms with Gasteiger partial charge in [0.25, 0.3) is 0 Å². The summed E-state index contributed by atoms with van der Waals surface area (Å²) in [5.41, 5.74) is 10.3. The van der Waals surface area contributed by atoms with Crippen molar-refractivity contribution in [2.24, 2.45) is 21.7 Å². The van der Waals surface area contributed by atoms with Gasteiger partial charge in [-0.05, 0) is 11.4 Å². The van der Waals surface area contributed by atoms with E-state index in [1.807, 2.05) is 17.5 Å². The highest BCUT2D eigenvalue weighted by Gasteiger charge is 2.01. The van der Waals surface area contributed by atoms with Crippen molar-refractivity contribution in [2.45, 2.75) is 0 Å². The Kier molecular flexibility index (Phi) is 3.00. The summed E-state index contributed by atoms with van der Waals surface area (Å²) in [6.45, 7) is 0. The van der Waals surface area contributed by atoms with Crippen molar-refractivity contribution in [3.8, 4) is 6.07 Å². The quantitative estimate of drug-likeness (QED) is 0.400. The number of nitrogens with two attached hydrogens (primary N) is 2. The number of hydrogen-bond donors (Lipinski definition) is 2. The number of rotatable bonds is 2. The Bertz CT molecular complexity index is 366. The van der Waals surface area contributed by atoms with Crippen LogP contribution in [0.3, 0.4) is 0 Å². The van der Waals surface area contributed by atoms with E-state index >= 15 is 0 Å². The van der Waals surface area contributed by atoms with Crippen LogP contribution in [0.4, 0.5) is 0 Å². The molecule has 6 heteroatoms. The van der Waals surface area contributed by atoms with Gasteiger partial charge in [0, 0.05) is 0 Å². The van der Waals surface area contributed by atoms with Crippen molar-refractivity contribution < 1.29 is 0 Å². The molecule has 0 amide bonds. The second kappa shape index (κ2) is 4.23. The summed E-state index contributed by atoms with van der Waals surface area (Å²) in [7, 11) is 0. The first kappa shape index (κ1) is 9.22. The van der Waals surface area contributed by atoms with Crippen molar-refractivity contribution in [1.29, 1.82) is 5.26 Å². The molecule has 0 atom stereocenters. The molecule has 1 rings (SSSR count). The van der Waals surface area contributed by atoms with Crippen LogP contribution in [0.25, 0.3) is 0 Å². The lowest BCUT2D eigenvalue weighted by atomic mass is 10.3. The minimum absolute atomic E-state index is 0.163. The van der Waals surface area contributed by atoms with Gasteiger partial charge in [-0.15, -0.1) is 21.5 Å². The molecule has 1 aromatic rings. The monoisotopic (exact) mass is 193 g/mol. The minimum Gasteiger partial charge on any atom is -0.369 e. The zero-order valence-corrected chi connectivity index (χ0v) is 7.45. The molecule has 0 fully saturated rings. The number of nitriles is 1. The van der Waals surface area contributed by atoms with Crippen LogP contribution in [0, 0.1) is 11.3 Å². The summed E-state index contributed by atoms with van der Waals surface area (Å²) in [6, 6.07) is 5.50. The van der Waals surface area contributed by atoms with Crippen molar-refractivity contribution >= 4 is 23.0 Å². The van der Waals surface area contributed by atoms with E-state index in [1.165, 1.54) is 11.3 Å². The van der Waals surface area contributed by atoms with Crippen molar-refractivity contribution in [1.82, 2.24) is 0 Å². The number of thiophene rings is 1. The summed E-state index contributed by atoms with van der Waals surface area (Å²) in [4.78, 5) is 0.743. The van der Waals surface area contributed by atoms with Gasteiger partial charge in [0.1, 0.15) is 6.07 Å². The highest BCUT2D eigenvalue weighted by molar-refractivity contribution is 7.12.